The van der Waals surface area contributed by atoms with Crippen LogP contribution in [-0.2, 0) is 23.9 Å². The molecule has 0 spiro atoms. The Bertz CT molecular complexity index is 1030. The third kappa shape index (κ3) is 25.3. The molecule has 0 aromatic carbocycles. The highest BCUT2D eigenvalue weighted by Crippen LogP contribution is 2.09. The van der Waals surface area contributed by atoms with E-state index in [-0.39, 0.29) is 36.3 Å². The van der Waals surface area contributed by atoms with Crippen molar-refractivity contribution in [1.82, 2.24) is 41.3 Å². The molecule has 18 nitrogen and oxygen atoms in total. The van der Waals surface area contributed by atoms with Crippen molar-refractivity contribution in [2.24, 2.45) is 5.73 Å². The van der Waals surface area contributed by atoms with E-state index in [2.05, 4.69) is 31.3 Å². The summed E-state index contributed by atoms with van der Waals surface area (Å²) in [4.78, 5) is 82.1. The fraction of sp³-hybridized carbons (Fsp3) is 0.800. The highest BCUT2D eigenvalue weighted by Gasteiger charge is 2.20. The monoisotopic (exact) mass is 755 g/mol. The molecule has 0 unspecified atom stereocenters. The van der Waals surface area contributed by atoms with E-state index in [1.165, 1.54) is 0 Å². The number of urea groups is 3. The second kappa shape index (κ2) is 31.2. The Hall–Kier alpha value is -4.35. The Morgan fingerprint density at radius 1 is 0.623 bits per heavy atom. The number of unbranched alkanes of at least 4 members (excludes halogenated alkanes) is 10. The molecule has 0 aliphatic carbocycles. The standard InChI is InChI=1S/C20H36N6O4.C10H18O4.C5H11N3O/c27-17(21-9-13-25-15-11-23-19(25)29)7-5-3-1-2-4-6-8-18(28)22-10-14-26-16-12-24-20(26)30;11-9-14-8-6-4-2-1-3-5-7-10(12)13;6-1-3-8-4-2-7-5(8)9/h1-16H2,(H,21,27)(H,22,28)(H,23,29)(H,24,30);9H,1-8H2,(H,12,13);1-4,6H2,(H,7,9). The van der Waals surface area contributed by atoms with Gasteiger partial charge in [-0.2, -0.15) is 0 Å². The molecular weight excluding hydrogens is 690 g/mol. The number of nitrogens with one attached hydrogen (secondary N) is 5. The van der Waals surface area contributed by atoms with E-state index in [0.29, 0.717) is 91.4 Å². The van der Waals surface area contributed by atoms with Crippen molar-refractivity contribution in [2.45, 2.75) is 96.3 Å². The summed E-state index contributed by atoms with van der Waals surface area (Å²) in [5, 5.41) is 22.2. The number of carbonyl (C=O) groups is 7. The fourth-order valence-electron chi connectivity index (χ4n) is 5.66. The van der Waals surface area contributed by atoms with Crippen LogP contribution in [0.1, 0.15) is 96.3 Å². The number of carbonyl (C=O) groups excluding carboxylic acids is 6. The molecular formula is C35H65N9O9. The molecule has 8 amide bonds. The molecule has 3 aliphatic heterocycles. The second-order valence-corrected chi connectivity index (χ2v) is 13.0. The Morgan fingerprint density at radius 2 is 1.00 bits per heavy atom. The quantitative estimate of drug-likeness (QED) is 0.0469. The van der Waals surface area contributed by atoms with E-state index in [1.807, 2.05) is 0 Å². The minimum Gasteiger partial charge on any atom is -0.481 e. The van der Waals surface area contributed by atoms with Gasteiger partial charge >= 0.3 is 24.1 Å². The zero-order valence-electron chi connectivity index (χ0n) is 31.5. The zero-order chi connectivity index (χ0) is 38.9. The smallest absolute Gasteiger partial charge is 0.317 e. The number of amides is 8. The first-order valence-electron chi connectivity index (χ1n) is 19.3. The number of nitrogens with two attached hydrogens (primary N) is 1. The predicted octanol–water partition coefficient (Wildman–Crippen LogP) is 1.34. The number of carboxylic acids is 1. The molecule has 53 heavy (non-hydrogen) atoms. The lowest BCUT2D eigenvalue weighted by atomic mass is 10.1. The Morgan fingerprint density at radius 3 is 1.36 bits per heavy atom. The predicted molar refractivity (Wildman–Crippen MR) is 199 cm³/mol. The van der Waals surface area contributed by atoms with Gasteiger partial charge < -0.3 is 56.9 Å². The van der Waals surface area contributed by atoms with Gasteiger partial charge in [0, 0.05) is 97.8 Å². The topological polar surface area (TPSA) is 245 Å². The molecule has 0 aromatic rings. The first-order valence-corrected chi connectivity index (χ1v) is 19.3. The average molecular weight is 756 g/mol. The summed E-state index contributed by atoms with van der Waals surface area (Å²) in [6.45, 7) is 8.62. The molecule has 0 radical (unpaired) electrons. The molecule has 304 valence electrons. The van der Waals surface area contributed by atoms with E-state index in [0.717, 1.165) is 90.1 Å². The van der Waals surface area contributed by atoms with Crippen molar-refractivity contribution >= 4 is 42.3 Å². The van der Waals surface area contributed by atoms with Gasteiger partial charge in [-0.1, -0.05) is 51.4 Å². The summed E-state index contributed by atoms with van der Waals surface area (Å²) >= 11 is 0. The Labute approximate surface area is 314 Å². The average Bonchev–Trinajstić information content (AvgIpc) is 3.86. The first-order chi connectivity index (χ1) is 25.7. The molecule has 0 atom stereocenters. The zero-order valence-corrected chi connectivity index (χ0v) is 31.5. The van der Waals surface area contributed by atoms with Crippen LogP contribution in [0.15, 0.2) is 0 Å². The summed E-state index contributed by atoms with van der Waals surface area (Å²) < 4.78 is 4.53. The molecule has 8 N–H and O–H groups in total. The van der Waals surface area contributed by atoms with Gasteiger partial charge in [0.1, 0.15) is 0 Å². The molecule has 0 saturated carbocycles. The van der Waals surface area contributed by atoms with Crippen LogP contribution in [0.5, 0.6) is 0 Å². The number of nitrogens with zero attached hydrogens (tertiary/aromatic N) is 3. The van der Waals surface area contributed by atoms with Gasteiger partial charge in [0.2, 0.25) is 11.8 Å². The molecule has 3 heterocycles. The minimum atomic E-state index is -0.718. The van der Waals surface area contributed by atoms with Crippen LogP contribution < -0.4 is 32.3 Å². The van der Waals surface area contributed by atoms with Crippen LogP contribution in [0.3, 0.4) is 0 Å². The number of ether oxygens (including phenoxy) is 1. The lowest BCUT2D eigenvalue weighted by Gasteiger charge is -2.14. The summed E-state index contributed by atoms with van der Waals surface area (Å²) in [6, 6.07) is -0.101. The highest BCUT2D eigenvalue weighted by molar-refractivity contribution is 5.78. The van der Waals surface area contributed by atoms with E-state index < -0.39 is 5.97 Å². The maximum absolute atomic E-state index is 11.8. The van der Waals surface area contributed by atoms with Crippen molar-refractivity contribution in [3.8, 4) is 0 Å². The summed E-state index contributed by atoms with van der Waals surface area (Å²) in [5.41, 5.74) is 5.25. The molecule has 18 heteroatoms. The van der Waals surface area contributed by atoms with Gasteiger partial charge in [-0.15, -0.1) is 0 Å². The second-order valence-electron chi connectivity index (χ2n) is 13.0. The van der Waals surface area contributed by atoms with Crippen molar-refractivity contribution in [2.75, 3.05) is 85.1 Å². The van der Waals surface area contributed by atoms with Gasteiger partial charge in [0.05, 0.1) is 6.61 Å². The normalized spacial score (nSPS) is 14.7. The van der Waals surface area contributed by atoms with Gasteiger partial charge in [-0.25, -0.2) is 14.4 Å². The lowest BCUT2D eigenvalue weighted by Crippen LogP contribution is -2.36. The van der Waals surface area contributed by atoms with Gasteiger partial charge in [0.15, 0.2) is 0 Å². The summed E-state index contributed by atoms with van der Waals surface area (Å²) in [7, 11) is 0. The lowest BCUT2D eigenvalue weighted by molar-refractivity contribution is -0.137. The molecule has 3 rings (SSSR count). The van der Waals surface area contributed by atoms with E-state index in [9.17, 15) is 33.6 Å². The van der Waals surface area contributed by atoms with Crippen molar-refractivity contribution < 1.29 is 43.4 Å². The van der Waals surface area contributed by atoms with Crippen LogP contribution in [0.4, 0.5) is 14.4 Å². The van der Waals surface area contributed by atoms with Crippen LogP contribution in [0, 0.1) is 0 Å². The molecule has 3 saturated heterocycles. The summed E-state index contributed by atoms with van der Waals surface area (Å²) in [5.74, 6) is -0.639. The van der Waals surface area contributed by atoms with E-state index in [4.69, 9.17) is 10.8 Å². The summed E-state index contributed by atoms with van der Waals surface area (Å²) in [6.07, 6.45) is 13.0. The maximum Gasteiger partial charge on any atom is 0.317 e. The third-order valence-electron chi connectivity index (χ3n) is 8.67. The highest BCUT2D eigenvalue weighted by atomic mass is 16.5. The third-order valence-corrected chi connectivity index (χ3v) is 8.67. The van der Waals surface area contributed by atoms with E-state index >= 15 is 0 Å². The SMILES string of the molecule is NCCN1CCNC1=O.O=C(CCCCCCCCC(=O)NCCN1CCNC1=O)NCCN1CCNC1=O.O=COCCCCCCCCC(=O)O. The van der Waals surface area contributed by atoms with Crippen LogP contribution in [0.25, 0.3) is 0 Å². The number of hydrogen-bond donors (Lipinski definition) is 7. The van der Waals surface area contributed by atoms with Crippen LogP contribution >= 0.6 is 0 Å². The Balaban J connectivity index is 0.000000500. The largest absolute Gasteiger partial charge is 0.481 e. The maximum atomic E-state index is 11.8. The number of hydrogen-bond acceptors (Lipinski definition) is 9. The van der Waals surface area contributed by atoms with Crippen LogP contribution in [-0.4, -0.2) is 147 Å². The first kappa shape index (κ1) is 46.7. The van der Waals surface area contributed by atoms with Crippen molar-refractivity contribution in [3.63, 3.8) is 0 Å². The molecule has 3 aliphatic rings. The molecule has 0 bridgehead atoms. The van der Waals surface area contributed by atoms with Gasteiger partial charge in [0.25, 0.3) is 6.47 Å². The van der Waals surface area contributed by atoms with E-state index in [1.54, 1.807) is 14.7 Å². The number of aliphatic carboxylic acids is 1. The number of rotatable bonds is 27. The van der Waals surface area contributed by atoms with Gasteiger partial charge in [-0.3, -0.25) is 19.2 Å². The van der Waals surface area contributed by atoms with Crippen molar-refractivity contribution in [1.29, 1.82) is 0 Å². The molecule has 0 aromatic heterocycles. The minimum absolute atomic E-state index is 0.0143. The van der Waals surface area contributed by atoms with Crippen LogP contribution in [0.2, 0.25) is 0 Å². The van der Waals surface area contributed by atoms with Crippen molar-refractivity contribution in [3.05, 3.63) is 0 Å². The Kier molecular flexibility index (Phi) is 27.5. The fourth-order valence-corrected chi connectivity index (χ4v) is 5.66. The molecule has 3 fully saturated rings. The van der Waals surface area contributed by atoms with Gasteiger partial charge in [-0.05, 0) is 25.7 Å². The number of carboxylic acid groups (broad SMARTS) is 1.